The van der Waals surface area contributed by atoms with Crippen LogP contribution >= 0.6 is 0 Å². The lowest BCUT2D eigenvalue weighted by atomic mass is 9.87. The fraction of sp³-hybridized carbons (Fsp3) is 0.500. The molecule has 2 aliphatic heterocycles. The van der Waals surface area contributed by atoms with E-state index in [0.29, 0.717) is 19.1 Å². The summed E-state index contributed by atoms with van der Waals surface area (Å²) in [6.45, 7) is 7.73. The lowest BCUT2D eigenvalue weighted by molar-refractivity contribution is -0.147. The number of hydrogen-bond acceptors (Lipinski definition) is 4. The molecule has 0 spiro atoms. The number of ether oxygens (including phenoxy) is 2. The molecule has 3 N–H and O–H groups in total. The molecule has 5 nitrogen and oxygen atoms in total. The molecule has 5 rings (SSSR count). The number of nitrogens with zero attached hydrogens (tertiary/aromatic N) is 1. The van der Waals surface area contributed by atoms with Crippen molar-refractivity contribution in [2.45, 2.75) is 57.4 Å². The van der Waals surface area contributed by atoms with Crippen molar-refractivity contribution in [1.29, 1.82) is 0 Å². The fourth-order valence-electron chi connectivity index (χ4n) is 5.35. The van der Waals surface area contributed by atoms with Gasteiger partial charge in [0, 0.05) is 41.1 Å². The second-order valence-corrected chi connectivity index (χ2v) is 10.3. The monoisotopic (exact) mass is 465 g/mol. The molecule has 2 aliphatic rings. The van der Waals surface area contributed by atoms with Gasteiger partial charge in [-0.25, -0.2) is 4.39 Å². The molecule has 182 valence electrons. The van der Waals surface area contributed by atoms with Crippen LogP contribution in [0.25, 0.3) is 10.9 Å². The molecule has 0 radical (unpaired) electrons. The number of H-pyrrole nitrogens is 1. The van der Waals surface area contributed by atoms with Crippen LogP contribution in [0.2, 0.25) is 0 Å². The van der Waals surface area contributed by atoms with Crippen molar-refractivity contribution in [2.75, 3.05) is 26.4 Å². The number of alkyl halides is 1. The van der Waals surface area contributed by atoms with Crippen LogP contribution in [0, 0.1) is 5.92 Å². The van der Waals surface area contributed by atoms with Gasteiger partial charge < -0.3 is 20.2 Å². The predicted molar refractivity (Wildman–Crippen MR) is 134 cm³/mol. The van der Waals surface area contributed by atoms with E-state index in [9.17, 15) is 0 Å². The topological polar surface area (TPSA) is 63.5 Å². The maximum atomic E-state index is 15.3. The van der Waals surface area contributed by atoms with E-state index in [1.54, 1.807) is 0 Å². The van der Waals surface area contributed by atoms with Gasteiger partial charge in [0.1, 0.15) is 5.75 Å². The molecule has 1 unspecified atom stereocenters. The van der Waals surface area contributed by atoms with Crippen LogP contribution in [0.15, 0.2) is 48.5 Å². The number of nitrogens with two attached hydrogens (primary N) is 1. The van der Waals surface area contributed by atoms with Crippen LogP contribution in [0.3, 0.4) is 0 Å². The smallest absolute Gasteiger partial charge is 0.169 e. The van der Waals surface area contributed by atoms with Crippen LogP contribution in [-0.2, 0) is 11.2 Å². The van der Waals surface area contributed by atoms with Crippen molar-refractivity contribution in [2.24, 2.45) is 11.7 Å². The Labute approximate surface area is 201 Å². The third-order valence-corrected chi connectivity index (χ3v) is 7.62. The molecule has 0 saturated carbocycles. The van der Waals surface area contributed by atoms with E-state index in [1.807, 2.05) is 12.1 Å². The fourth-order valence-corrected chi connectivity index (χ4v) is 5.35. The Bertz CT molecular complexity index is 1120. The molecule has 3 heterocycles. The molecule has 2 aromatic carbocycles. The average Bonchev–Trinajstić information content (AvgIpc) is 3.19. The highest BCUT2D eigenvalue weighted by Gasteiger charge is 2.45. The Morgan fingerprint density at radius 1 is 1.21 bits per heavy atom. The minimum absolute atomic E-state index is 0.0548. The molecule has 0 aliphatic carbocycles. The quantitative estimate of drug-likeness (QED) is 0.492. The van der Waals surface area contributed by atoms with E-state index in [2.05, 4.69) is 67.1 Å². The first kappa shape index (κ1) is 23.3. The van der Waals surface area contributed by atoms with Crippen molar-refractivity contribution >= 4 is 10.9 Å². The number of aromatic nitrogens is 1. The minimum atomic E-state index is -1.28. The number of hydrogen-bond donors (Lipinski definition) is 2. The molecule has 3 aromatic rings. The van der Waals surface area contributed by atoms with Gasteiger partial charge >= 0.3 is 0 Å². The maximum Gasteiger partial charge on any atom is 0.169 e. The van der Waals surface area contributed by atoms with Crippen LogP contribution in [0.4, 0.5) is 4.39 Å². The number of halogens is 1. The zero-order chi connectivity index (χ0) is 23.9. The van der Waals surface area contributed by atoms with Gasteiger partial charge in [-0.3, -0.25) is 4.90 Å². The number of nitrogens with one attached hydrogen (secondary N) is 1. The van der Waals surface area contributed by atoms with Crippen molar-refractivity contribution in [1.82, 2.24) is 9.88 Å². The van der Waals surface area contributed by atoms with E-state index >= 15 is 4.39 Å². The van der Waals surface area contributed by atoms with E-state index in [4.69, 9.17) is 15.2 Å². The van der Waals surface area contributed by atoms with Gasteiger partial charge in [-0.2, -0.15) is 0 Å². The average molecular weight is 466 g/mol. The van der Waals surface area contributed by atoms with Crippen LogP contribution < -0.4 is 10.5 Å². The Kier molecular flexibility index (Phi) is 6.40. The Hall–Kier alpha value is -2.41. The molecule has 34 heavy (non-hydrogen) atoms. The van der Waals surface area contributed by atoms with Gasteiger partial charge in [-0.15, -0.1) is 0 Å². The summed E-state index contributed by atoms with van der Waals surface area (Å²) < 4.78 is 26.5. The molecular formula is C28H36FN3O2. The first-order valence-electron chi connectivity index (χ1n) is 12.5. The minimum Gasteiger partial charge on any atom is -0.493 e. The molecular weight excluding hydrogens is 429 g/mol. The van der Waals surface area contributed by atoms with Gasteiger partial charge in [-0.05, 0) is 49.1 Å². The lowest BCUT2D eigenvalue weighted by Crippen LogP contribution is -2.57. The normalized spacial score (nSPS) is 23.8. The Morgan fingerprint density at radius 3 is 2.62 bits per heavy atom. The van der Waals surface area contributed by atoms with E-state index in [1.165, 1.54) is 16.6 Å². The van der Waals surface area contributed by atoms with Crippen LogP contribution in [-0.4, -0.2) is 54.0 Å². The standard InChI is InChI=1S/C28H36FN3O2/c1-4-24(30)18(2)14-34-21-11-9-20(10-12-21)27-26-23(22-7-5-6-8-25(22)31-26)13-19(3)32(27)15-28(29)16-33-17-28/h5-12,18-19,24,27,31H,4,13-17,30H2,1-3H3/t18-,19+,24?,27+/m0/s1. The summed E-state index contributed by atoms with van der Waals surface area (Å²) in [5.41, 5.74) is 9.63. The third kappa shape index (κ3) is 4.35. The predicted octanol–water partition coefficient (Wildman–Crippen LogP) is 4.99. The zero-order valence-electron chi connectivity index (χ0n) is 20.4. The van der Waals surface area contributed by atoms with Crippen molar-refractivity contribution in [3.05, 3.63) is 65.4 Å². The molecule has 0 bridgehead atoms. The van der Waals surface area contributed by atoms with E-state index in [0.717, 1.165) is 29.7 Å². The highest BCUT2D eigenvalue weighted by molar-refractivity contribution is 5.85. The summed E-state index contributed by atoms with van der Waals surface area (Å²) in [4.78, 5) is 5.97. The summed E-state index contributed by atoms with van der Waals surface area (Å²) in [6.07, 6.45) is 1.83. The second-order valence-electron chi connectivity index (χ2n) is 10.3. The van der Waals surface area contributed by atoms with E-state index in [-0.39, 0.29) is 31.3 Å². The number of aromatic amines is 1. The number of fused-ring (bicyclic) bond motifs is 3. The zero-order valence-corrected chi connectivity index (χ0v) is 20.4. The maximum absolute atomic E-state index is 15.3. The molecule has 1 saturated heterocycles. The van der Waals surface area contributed by atoms with Gasteiger partial charge in [0.15, 0.2) is 5.67 Å². The molecule has 0 amide bonds. The lowest BCUT2D eigenvalue weighted by Gasteiger charge is -2.46. The van der Waals surface area contributed by atoms with Crippen molar-refractivity contribution in [3.8, 4) is 5.75 Å². The van der Waals surface area contributed by atoms with Gasteiger partial charge in [-0.1, -0.05) is 44.2 Å². The first-order valence-corrected chi connectivity index (χ1v) is 12.5. The second kappa shape index (κ2) is 9.33. The largest absolute Gasteiger partial charge is 0.493 e. The number of rotatable bonds is 8. The summed E-state index contributed by atoms with van der Waals surface area (Å²) in [6, 6.07) is 17.0. The molecule has 4 atom stereocenters. The summed E-state index contributed by atoms with van der Waals surface area (Å²) in [7, 11) is 0. The Morgan fingerprint density at radius 2 is 1.94 bits per heavy atom. The van der Waals surface area contributed by atoms with Crippen molar-refractivity contribution in [3.63, 3.8) is 0 Å². The van der Waals surface area contributed by atoms with Crippen molar-refractivity contribution < 1.29 is 13.9 Å². The third-order valence-electron chi connectivity index (χ3n) is 7.62. The Balaban J connectivity index is 1.46. The SMILES string of the molecule is CCC(N)[C@@H](C)COc1ccc([C@@H]2c3[nH]c4ccccc4c3C[C@@H](C)N2CC2(F)COC2)cc1. The van der Waals surface area contributed by atoms with Crippen LogP contribution in [0.5, 0.6) is 5.75 Å². The highest BCUT2D eigenvalue weighted by Crippen LogP contribution is 2.42. The summed E-state index contributed by atoms with van der Waals surface area (Å²) in [5.74, 6) is 1.12. The van der Waals surface area contributed by atoms with E-state index < -0.39 is 5.67 Å². The van der Waals surface area contributed by atoms with Gasteiger partial charge in [0.05, 0.1) is 25.9 Å². The van der Waals surface area contributed by atoms with Crippen LogP contribution in [0.1, 0.15) is 50.1 Å². The summed E-state index contributed by atoms with van der Waals surface area (Å²) >= 11 is 0. The number of para-hydroxylation sites is 1. The first-order chi connectivity index (χ1) is 16.4. The molecule has 6 heteroatoms. The highest BCUT2D eigenvalue weighted by atomic mass is 19.1. The summed E-state index contributed by atoms with van der Waals surface area (Å²) in [5, 5.41) is 1.26. The molecule has 1 fully saturated rings. The molecule has 1 aromatic heterocycles. The van der Waals surface area contributed by atoms with Gasteiger partial charge in [0.2, 0.25) is 0 Å². The van der Waals surface area contributed by atoms with Gasteiger partial charge in [0.25, 0.3) is 0 Å². The number of benzene rings is 2.